The molecule has 0 aliphatic carbocycles. The van der Waals surface area contributed by atoms with Crippen LogP contribution >= 0.6 is 0 Å². The SMILES string of the molecule is Fc1ccccc1-[n+]1ccc(-c2cc[n+](-c3ccccc3F)cc2)cc1. The van der Waals surface area contributed by atoms with Crippen LogP contribution in [0.1, 0.15) is 0 Å². The van der Waals surface area contributed by atoms with E-state index in [9.17, 15) is 8.78 Å². The summed E-state index contributed by atoms with van der Waals surface area (Å²) in [6.45, 7) is 0. The first-order chi connectivity index (χ1) is 12.7. The van der Waals surface area contributed by atoms with E-state index < -0.39 is 0 Å². The van der Waals surface area contributed by atoms with E-state index in [-0.39, 0.29) is 11.6 Å². The van der Waals surface area contributed by atoms with Crippen molar-refractivity contribution in [1.82, 2.24) is 0 Å². The van der Waals surface area contributed by atoms with Crippen LogP contribution in [0.3, 0.4) is 0 Å². The van der Waals surface area contributed by atoms with Crippen molar-refractivity contribution in [3.8, 4) is 22.5 Å². The zero-order valence-corrected chi connectivity index (χ0v) is 13.9. The Labute approximate surface area is 150 Å². The van der Waals surface area contributed by atoms with Gasteiger partial charge in [-0.1, -0.05) is 24.3 Å². The van der Waals surface area contributed by atoms with Crippen molar-refractivity contribution in [3.05, 3.63) is 109 Å². The predicted octanol–water partition coefficient (Wildman–Crippen LogP) is 4.19. The van der Waals surface area contributed by atoms with Crippen molar-refractivity contribution in [2.24, 2.45) is 0 Å². The van der Waals surface area contributed by atoms with E-state index in [4.69, 9.17) is 0 Å². The Hall–Kier alpha value is -3.40. The van der Waals surface area contributed by atoms with E-state index in [2.05, 4.69) is 0 Å². The monoisotopic (exact) mass is 346 g/mol. The van der Waals surface area contributed by atoms with Gasteiger partial charge in [-0.15, -0.1) is 0 Å². The van der Waals surface area contributed by atoms with E-state index in [0.717, 1.165) is 11.1 Å². The molecular weight excluding hydrogens is 330 g/mol. The van der Waals surface area contributed by atoms with Crippen molar-refractivity contribution in [2.45, 2.75) is 0 Å². The molecule has 0 aliphatic heterocycles. The largest absolute Gasteiger partial charge is 0.246 e. The van der Waals surface area contributed by atoms with Gasteiger partial charge < -0.3 is 0 Å². The molecule has 2 aromatic heterocycles. The second-order valence-corrected chi connectivity index (χ2v) is 5.89. The molecule has 2 heterocycles. The molecule has 4 aromatic rings. The van der Waals surface area contributed by atoms with Gasteiger partial charge in [-0.25, -0.2) is 0 Å². The summed E-state index contributed by atoms with van der Waals surface area (Å²) >= 11 is 0. The number of aromatic nitrogens is 2. The molecule has 0 saturated carbocycles. The number of benzene rings is 2. The number of pyridine rings is 2. The lowest BCUT2D eigenvalue weighted by Crippen LogP contribution is -2.31. The molecular formula is C22H16F2N2+2. The molecule has 126 valence electrons. The summed E-state index contributed by atoms with van der Waals surface area (Å²) in [6, 6.07) is 21.0. The van der Waals surface area contributed by atoms with Crippen LogP contribution in [-0.4, -0.2) is 0 Å². The Morgan fingerprint density at radius 2 is 0.808 bits per heavy atom. The van der Waals surface area contributed by atoms with Crippen molar-refractivity contribution in [1.29, 1.82) is 0 Å². The molecule has 2 aromatic carbocycles. The fourth-order valence-corrected chi connectivity index (χ4v) is 2.88. The Morgan fingerprint density at radius 3 is 1.15 bits per heavy atom. The number of nitrogens with zero attached hydrogens (tertiary/aromatic N) is 2. The van der Waals surface area contributed by atoms with E-state index in [1.807, 2.05) is 49.1 Å². The average molecular weight is 346 g/mol. The zero-order chi connectivity index (χ0) is 17.9. The first-order valence-electron chi connectivity index (χ1n) is 8.25. The normalized spacial score (nSPS) is 10.7. The third-order valence-corrected chi connectivity index (χ3v) is 4.25. The summed E-state index contributed by atoms with van der Waals surface area (Å²) in [5.41, 5.74) is 3.01. The van der Waals surface area contributed by atoms with E-state index in [1.165, 1.54) is 12.1 Å². The minimum atomic E-state index is -0.268. The van der Waals surface area contributed by atoms with Crippen LogP contribution in [0.25, 0.3) is 22.5 Å². The van der Waals surface area contributed by atoms with Gasteiger partial charge in [0, 0.05) is 36.4 Å². The van der Waals surface area contributed by atoms with Gasteiger partial charge in [-0.05, 0) is 23.3 Å². The quantitative estimate of drug-likeness (QED) is 0.492. The molecule has 4 heteroatoms. The average Bonchev–Trinajstić information content (AvgIpc) is 2.69. The van der Waals surface area contributed by atoms with E-state index in [1.54, 1.807) is 45.5 Å². The Bertz CT molecular complexity index is 955. The number of hydrogen-bond acceptors (Lipinski definition) is 0. The lowest BCUT2D eigenvalue weighted by molar-refractivity contribution is -0.598. The second-order valence-electron chi connectivity index (χ2n) is 5.89. The highest BCUT2D eigenvalue weighted by Gasteiger charge is 2.14. The molecule has 0 fully saturated rings. The molecule has 2 nitrogen and oxygen atoms in total. The number of halogens is 2. The highest BCUT2D eigenvalue weighted by atomic mass is 19.1. The molecule has 0 radical (unpaired) electrons. The first kappa shape index (κ1) is 16.1. The van der Waals surface area contributed by atoms with Gasteiger partial charge in [0.25, 0.3) is 0 Å². The Morgan fingerprint density at radius 1 is 0.462 bits per heavy atom. The lowest BCUT2D eigenvalue weighted by Gasteiger charge is -2.02. The van der Waals surface area contributed by atoms with Gasteiger partial charge in [-0.2, -0.15) is 17.9 Å². The smallest absolute Gasteiger partial charge is 0.200 e. The van der Waals surface area contributed by atoms with Crippen LogP contribution in [-0.2, 0) is 0 Å². The highest BCUT2D eigenvalue weighted by Crippen LogP contribution is 2.17. The zero-order valence-electron chi connectivity index (χ0n) is 13.9. The highest BCUT2D eigenvalue weighted by molar-refractivity contribution is 5.61. The van der Waals surface area contributed by atoms with Crippen molar-refractivity contribution >= 4 is 0 Å². The minimum absolute atomic E-state index is 0.268. The van der Waals surface area contributed by atoms with Gasteiger partial charge in [0.05, 0.1) is 0 Å². The molecule has 0 atom stereocenters. The molecule has 0 aliphatic rings. The topological polar surface area (TPSA) is 7.76 Å². The summed E-state index contributed by atoms with van der Waals surface area (Å²) in [5.74, 6) is -0.535. The van der Waals surface area contributed by atoms with E-state index >= 15 is 0 Å². The van der Waals surface area contributed by atoms with Crippen molar-refractivity contribution < 1.29 is 17.9 Å². The predicted molar refractivity (Wildman–Crippen MR) is 94.9 cm³/mol. The van der Waals surface area contributed by atoms with E-state index in [0.29, 0.717) is 11.4 Å². The fourth-order valence-electron chi connectivity index (χ4n) is 2.88. The molecule has 0 bridgehead atoms. The third kappa shape index (κ3) is 3.09. The van der Waals surface area contributed by atoms with Crippen molar-refractivity contribution in [2.75, 3.05) is 0 Å². The maximum Gasteiger partial charge on any atom is 0.246 e. The number of hydrogen-bond donors (Lipinski definition) is 0. The molecule has 0 N–H and O–H groups in total. The van der Waals surface area contributed by atoms with Crippen molar-refractivity contribution in [3.63, 3.8) is 0 Å². The van der Waals surface area contributed by atoms with Gasteiger partial charge in [-0.3, -0.25) is 0 Å². The second kappa shape index (κ2) is 6.84. The van der Waals surface area contributed by atoms with Gasteiger partial charge in [0.15, 0.2) is 36.4 Å². The molecule has 26 heavy (non-hydrogen) atoms. The van der Waals surface area contributed by atoms with Crippen LogP contribution in [0.2, 0.25) is 0 Å². The minimum Gasteiger partial charge on any atom is -0.200 e. The van der Waals surface area contributed by atoms with Crippen LogP contribution in [0.5, 0.6) is 0 Å². The first-order valence-corrected chi connectivity index (χ1v) is 8.25. The van der Waals surface area contributed by atoms with Crippen LogP contribution in [0, 0.1) is 11.6 Å². The third-order valence-electron chi connectivity index (χ3n) is 4.25. The molecule has 0 saturated heterocycles. The Kier molecular flexibility index (Phi) is 4.23. The lowest BCUT2D eigenvalue weighted by atomic mass is 10.1. The Balaban J connectivity index is 1.62. The standard InChI is InChI=1S/C22H16F2N2/c23-19-5-1-3-7-21(19)25-13-9-17(10-14-25)18-11-15-26(16-12-18)22-8-4-2-6-20(22)24/h1-16H/q+2. The molecule has 0 unspecified atom stereocenters. The molecule has 0 amide bonds. The summed E-state index contributed by atoms with van der Waals surface area (Å²) < 4.78 is 31.2. The van der Waals surface area contributed by atoms with Crippen LogP contribution in [0.4, 0.5) is 8.78 Å². The fraction of sp³-hybridized carbons (Fsp3) is 0. The van der Waals surface area contributed by atoms with Gasteiger partial charge in [0.2, 0.25) is 11.4 Å². The summed E-state index contributed by atoms with van der Waals surface area (Å²) in [5, 5.41) is 0. The maximum absolute atomic E-state index is 13.9. The van der Waals surface area contributed by atoms with Crippen LogP contribution < -0.4 is 9.13 Å². The molecule has 4 rings (SSSR count). The number of para-hydroxylation sites is 2. The van der Waals surface area contributed by atoms with Gasteiger partial charge >= 0.3 is 0 Å². The summed E-state index contributed by atoms with van der Waals surface area (Å²) in [6.07, 6.45) is 7.30. The maximum atomic E-state index is 13.9. The van der Waals surface area contributed by atoms with Gasteiger partial charge in [0.1, 0.15) is 0 Å². The summed E-state index contributed by atoms with van der Waals surface area (Å²) in [7, 11) is 0. The number of rotatable bonds is 3. The summed E-state index contributed by atoms with van der Waals surface area (Å²) in [4.78, 5) is 0. The van der Waals surface area contributed by atoms with Crippen LogP contribution in [0.15, 0.2) is 97.6 Å². The molecule has 0 spiro atoms.